The van der Waals surface area contributed by atoms with Crippen molar-refractivity contribution in [2.24, 2.45) is 0 Å². The lowest BCUT2D eigenvalue weighted by atomic mass is 10.2. The number of unbranched alkanes of at least 4 members (excludes halogenated alkanes) is 1. The van der Waals surface area contributed by atoms with Crippen molar-refractivity contribution in [1.29, 1.82) is 0 Å². The van der Waals surface area contributed by atoms with Crippen LogP contribution in [0.4, 0.5) is 0 Å². The minimum atomic E-state index is 0.103. The highest BCUT2D eigenvalue weighted by atomic mass is 32.2. The number of rotatable bonds is 2. The van der Waals surface area contributed by atoms with Crippen LogP contribution in [0.3, 0.4) is 0 Å². The van der Waals surface area contributed by atoms with Crippen LogP contribution in [-0.4, -0.2) is 18.2 Å². The van der Waals surface area contributed by atoms with Crippen molar-refractivity contribution in [2.75, 3.05) is 12.3 Å². The molecule has 86 valence electrons. The fourth-order valence-corrected chi connectivity index (χ4v) is 1.97. The second kappa shape index (κ2) is 8.60. The van der Waals surface area contributed by atoms with Gasteiger partial charge in [-0.1, -0.05) is 39.8 Å². The van der Waals surface area contributed by atoms with E-state index >= 15 is 0 Å². The van der Waals surface area contributed by atoms with E-state index in [4.69, 9.17) is 0 Å². The van der Waals surface area contributed by atoms with Crippen molar-refractivity contribution in [3.8, 4) is 0 Å². The zero-order valence-corrected chi connectivity index (χ0v) is 10.7. The van der Waals surface area contributed by atoms with E-state index < -0.39 is 0 Å². The first-order chi connectivity index (χ1) is 7.24. The Labute approximate surface area is 97.2 Å². The molecule has 1 aliphatic heterocycles. The molecule has 0 unspecified atom stereocenters. The minimum Gasteiger partial charge on any atom is -0.351 e. The Morgan fingerprint density at radius 1 is 1.53 bits per heavy atom. The lowest BCUT2D eigenvalue weighted by Gasteiger charge is -2.03. The van der Waals surface area contributed by atoms with E-state index in [-0.39, 0.29) is 5.91 Å². The van der Waals surface area contributed by atoms with Crippen molar-refractivity contribution < 1.29 is 4.79 Å². The number of hydrogen-bond donors (Lipinski definition) is 1. The summed E-state index contributed by atoms with van der Waals surface area (Å²) in [6.45, 7) is 10.7. The van der Waals surface area contributed by atoms with E-state index in [1.807, 2.05) is 13.8 Å². The number of amides is 1. The molecule has 0 aromatic carbocycles. The largest absolute Gasteiger partial charge is 0.351 e. The highest BCUT2D eigenvalue weighted by Crippen LogP contribution is 2.25. The summed E-state index contributed by atoms with van der Waals surface area (Å²) in [5.41, 5.74) is 1.03. The normalized spacial score (nSPS) is 19.0. The zero-order valence-electron chi connectivity index (χ0n) is 9.93. The van der Waals surface area contributed by atoms with Crippen molar-refractivity contribution in [1.82, 2.24) is 5.32 Å². The molecule has 0 aliphatic carbocycles. The van der Waals surface area contributed by atoms with Gasteiger partial charge in [-0.05, 0) is 12.0 Å². The molecule has 1 amide bonds. The Morgan fingerprint density at radius 3 is 2.80 bits per heavy atom. The first-order valence-corrected chi connectivity index (χ1v) is 6.50. The van der Waals surface area contributed by atoms with Gasteiger partial charge >= 0.3 is 0 Å². The molecule has 15 heavy (non-hydrogen) atoms. The van der Waals surface area contributed by atoms with Gasteiger partial charge in [0.25, 0.3) is 0 Å². The number of carbonyl (C=O) groups is 1. The molecular formula is C12H21NOS. The van der Waals surface area contributed by atoms with E-state index in [0.29, 0.717) is 12.3 Å². The molecular weight excluding hydrogens is 206 g/mol. The van der Waals surface area contributed by atoms with E-state index in [1.165, 1.54) is 4.91 Å². The maximum atomic E-state index is 11.0. The fraction of sp³-hybridized carbons (Fsp3) is 0.583. The Kier molecular flexibility index (Phi) is 8.19. The summed E-state index contributed by atoms with van der Waals surface area (Å²) in [7, 11) is 0. The summed E-state index contributed by atoms with van der Waals surface area (Å²) in [4.78, 5) is 12.2. The molecule has 0 bridgehead atoms. The molecule has 1 heterocycles. The van der Waals surface area contributed by atoms with Gasteiger partial charge in [0.05, 0.1) is 5.75 Å². The molecule has 0 saturated carbocycles. The molecule has 1 aliphatic rings. The molecule has 0 aromatic rings. The molecule has 1 saturated heterocycles. The Morgan fingerprint density at radius 2 is 2.20 bits per heavy atom. The molecule has 0 atom stereocenters. The number of allylic oxidation sites excluding steroid dienone is 1. The average molecular weight is 227 g/mol. The third-order valence-electron chi connectivity index (χ3n) is 1.82. The third kappa shape index (κ3) is 5.67. The van der Waals surface area contributed by atoms with Crippen LogP contribution in [0.15, 0.2) is 23.1 Å². The van der Waals surface area contributed by atoms with Gasteiger partial charge in [0.15, 0.2) is 0 Å². The van der Waals surface area contributed by atoms with Gasteiger partial charge < -0.3 is 5.32 Å². The first kappa shape index (κ1) is 14.3. The minimum absolute atomic E-state index is 0.103. The lowest BCUT2D eigenvalue weighted by molar-refractivity contribution is -0.118. The maximum Gasteiger partial charge on any atom is 0.230 e. The molecule has 0 spiro atoms. The third-order valence-corrected chi connectivity index (χ3v) is 3.00. The van der Waals surface area contributed by atoms with Gasteiger partial charge in [-0.3, -0.25) is 4.79 Å². The monoisotopic (exact) mass is 227 g/mol. The van der Waals surface area contributed by atoms with E-state index in [0.717, 1.165) is 18.4 Å². The number of nitrogens with one attached hydrogen (secondary N) is 1. The van der Waals surface area contributed by atoms with Crippen molar-refractivity contribution in [3.63, 3.8) is 0 Å². The van der Waals surface area contributed by atoms with Crippen LogP contribution in [0.1, 0.15) is 33.6 Å². The molecule has 3 heteroatoms. The summed E-state index contributed by atoms with van der Waals surface area (Å²) >= 11 is 1.59. The number of hydrogen-bond acceptors (Lipinski definition) is 2. The van der Waals surface area contributed by atoms with Gasteiger partial charge in [0.1, 0.15) is 0 Å². The maximum absolute atomic E-state index is 11.0. The topological polar surface area (TPSA) is 29.1 Å². The predicted octanol–water partition coefficient (Wildman–Crippen LogP) is 3.12. The van der Waals surface area contributed by atoms with Gasteiger partial charge in [0.2, 0.25) is 5.91 Å². The van der Waals surface area contributed by atoms with Crippen molar-refractivity contribution in [2.45, 2.75) is 33.6 Å². The van der Waals surface area contributed by atoms with Crippen molar-refractivity contribution >= 4 is 17.7 Å². The number of carbonyl (C=O) groups excluding carboxylic acids is 1. The Hall–Kier alpha value is -0.700. The summed E-state index contributed by atoms with van der Waals surface area (Å²) in [6.07, 6.45) is 4.38. The van der Waals surface area contributed by atoms with Gasteiger partial charge in [-0.25, -0.2) is 0 Å². The van der Waals surface area contributed by atoms with Crippen LogP contribution in [0, 0.1) is 0 Å². The second-order valence-corrected chi connectivity index (χ2v) is 4.04. The van der Waals surface area contributed by atoms with Gasteiger partial charge in [-0.15, -0.1) is 11.8 Å². The highest BCUT2D eigenvalue weighted by molar-refractivity contribution is 8.03. The van der Waals surface area contributed by atoms with Crippen molar-refractivity contribution in [3.05, 3.63) is 23.1 Å². The molecule has 0 aromatic heterocycles. The SMILES string of the molecule is C=C1CNC(=O)CS/C1=C/CCC.CC. The quantitative estimate of drug-likeness (QED) is 0.785. The van der Waals surface area contributed by atoms with E-state index in [2.05, 4.69) is 24.9 Å². The lowest BCUT2D eigenvalue weighted by Crippen LogP contribution is -2.24. The predicted molar refractivity (Wildman–Crippen MR) is 68.9 cm³/mol. The van der Waals surface area contributed by atoms with Crippen LogP contribution in [0.5, 0.6) is 0 Å². The standard InChI is InChI=1S/C10H15NOS.C2H6/c1-3-4-5-9-8(2)6-11-10(12)7-13-9;1-2/h5H,2-4,6-7H2,1H3,(H,11,12);1-2H3/b9-5+;. The highest BCUT2D eigenvalue weighted by Gasteiger charge is 2.12. The summed E-state index contributed by atoms with van der Waals surface area (Å²) in [6, 6.07) is 0. The molecule has 0 radical (unpaired) electrons. The average Bonchev–Trinajstić information content (AvgIpc) is 2.43. The smallest absolute Gasteiger partial charge is 0.230 e. The van der Waals surface area contributed by atoms with Gasteiger partial charge in [-0.2, -0.15) is 0 Å². The van der Waals surface area contributed by atoms with E-state index in [1.54, 1.807) is 11.8 Å². The van der Waals surface area contributed by atoms with Crippen LogP contribution in [-0.2, 0) is 4.79 Å². The van der Waals surface area contributed by atoms with Gasteiger partial charge in [0, 0.05) is 11.4 Å². The van der Waals surface area contributed by atoms with Crippen LogP contribution in [0.2, 0.25) is 0 Å². The molecule has 1 N–H and O–H groups in total. The summed E-state index contributed by atoms with van der Waals surface area (Å²) < 4.78 is 0. The molecule has 2 nitrogen and oxygen atoms in total. The summed E-state index contributed by atoms with van der Waals surface area (Å²) in [5, 5.41) is 2.80. The Bertz CT molecular complexity index is 246. The number of thioether (sulfide) groups is 1. The first-order valence-electron chi connectivity index (χ1n) is 5.52. The van der Waals surface area contributed by atoms with Crippen LogP contribution in [0.25, 0.3) is 0 Å². The molecule has 1 fully saturated rings. The second-order valence-electron chi connectivity index (χ2n) is 3.03. The Balaban J connectivity index is 0.000000921. The fourth-order valence-electron chi connectivity index (χ4n) is 1.07. The van der Waals surface area contributed by atoms with Crippen LogP contribution < -0.4 is 5.32 Å². The summed E-state index contributed by atoms with van der Waals surface area (Å²) in [5.74, 6) is 0.625. The van der Waals surface area contributed by atoms with E-state index in [9.17, 15) is 4.79 Å². The van der Waals surface area contributed by atoms with Crippen LogP contribution >= 0.6 is 11.8 Å². The zero-order chi connectivity index (χ0) is 11.7. The molecule has 1 rings (SSSR count).